The summed E-state index contributed by atoms with van der Waals surface area (Å²) in [6, 6.07) is 10.7. The summed E-state index contributed by atoms with van der Waals surface area (Å²) in [6.07, 6.45) is 2.92. The molecule has 0 aliphatic rings. The largest absolute Gasteiger partial charge is 0.358 e. The zero-order chi connectivity index (χ0) is 21.5. The molecule has 1 atom stereocenters. The molecule has 31 heavy (non-hydrogen) atoms. The van der Waals surface area contributed by atoms with Crippen molar-refractivity contribution >= 4 is 39.5 Å². The maximum atomic E-state index is 14.5. The fourth-order valence-electron chi connectivity index (χ4n) is 3.50. The van der Waals surface area contributed by atoms with E-state index >= 15 is 0 Å². The molecule has 5 aromatic rings. The fourth-order valence-corrected chi connectivity index (χ4v) is 3.72. The fraction of sp³-hybridized carbons (Fsp3) is 0.0952. The Morgan fingerprint density at radius 1 is 1.13 bits per heavy atom. The summed E-state index contributed by atoms with van der Waals surface area (Å²) in [5.74, 6) is 0.175. The molecule has 0 spiro atoms. The van der Waals surface area contributed by atoms with E-state index in [4.69, 9.17) is 11.6 Å². The summed E-state index contributed by atoms with van der Waals surface area (Å²) in [5.41, 5.74) is 1.23. The van der Waals surface area contributed by atoms with Gasteiger partial charge in [-0.1, -0.05) is 29.8 Å². The maximum Gasteiger partial charge on any atom is 0.269 e. The molecule has 154 valence electrons. The Morgan fingerprint density at radius 2 is 1.97 bits per heavy atom. The molecule has 0 amide bonds. The number of nitrogens with zero attached hydrogens (tertiary/aromatic N) is 5. The van der Waals surface area contributed by atoms with Crippen molar-refractivity contribution < 1.29 is 4.39 Å². The van der Waals surface area contributed by atoms with Gasteiger partial charge < -0.3 is 10.3 Å². The molecular formula is C21H15ClFN7O. The first-order chi connectivity index (χ1) is 15.0. The minimum absolute atomic E-state index is 0.102. The summed E-state index contributed by atoms with van der Waals surface area (Å²) >= 11 is 6.39. The standard InChI is InChI=1S/C21H15ClFN7O/c1-11(28-19-17-18(25-9-24-17)26-10-27-19)20-29-14-7-4-6-13(23)16(14)21(31)30(20)15-8-3-2-5-12(15)22/h2-11H,1H3,(H2,24,25,26,27,28). The van der Waals surface area contributed by atoms with Gasteiger partial charge in [-0.2, -0.15) is 0 Å². The monoisotopic (exact) mass is 435 g/mol. The van der Waals surface area contributed by atoms with Gasteiger partial charge in [-0.3, -0.25) is 9.36 Å². The lowest BCUT2D eigenvalue weighted by Gasteiger charge is -2.20. The molecule has 8 nitrogen and oxygen atoms in total. The van der Waals surface area contributed by atoms with Crippen LogP contribution in [0.2, 0.25) is 5.02 Å². The van der Waals surface area contributed by atoms with Crippen LogP contribution in [0, 0.1) is 5.82 Å². The van der Waals surface area contributed by atoms with Gasteiger partial charge in [0.1, 0.15) is 28.9 Å². The molecule has 5 rings (SSSR count). The first kappa shape index (κ1) is 19.1. The molecule has 3 heterocycles. The zero-order valence-corrected chi connectivity index (χ0v) is 16.9. The molecule has 2 aromatic carbocycles. The summed E-state index contributed by atoms with van der Waals surface area (Å²) in [6.45, 7) is 1.82. The van der Waals surface area contributed by atoms with E-state index in [2.05, 4.69) is 30.2 Å². The first-order valence-corrected chi connectivity index (χ1v) is 9.79. The molecule has 0 fully saturated rings. The Kier molecular flexibility index (Phi) is 4.59. The van der Waals surface area contributed by atoms with Gasteiger partial charge in [0, 0.05) is 0 Å². The van der Waals surface area contributed by atoms with E-state index in [0.717, 1.165) is 0 Å². The van der Waals surface area contributed by atoms with Crippen molar-refractivity contribution in [2.24, 2.45) is 0 Å². The third-order valence-electron chi connectivity index (χ3n) is 4.92. The molecule has 0 radical (unpaired) electrons. The third kappa shape index (κ3) is 3.19. The van der Waals surface area contributed by atoms with Crippen LogP contribution in [0.5, 0.6) is 0 Å². The van der Waals surface area contributed by atoms with E-state index in [1.54, 1.807) is 30.3 Å². The number of aromatic amines is 1. The van der Waals surface area contributed by atoms with E-state index in [9.17, 15) is 9.18 Å². The van der Waals surface area contributed by atoms with Crippen LogP contribution in [-0.2, 0) is 0 Å². The first-order valence-electron chi connectivity index (χ1n) is 9.41. The Bertz CT molecular complexity index is 1500. The van der Waals surface area contributed by atoms with Gasteiger partial charge >= 0.3 is 0 Å². The number of aromatic nitrogens is 6. The van der Waals surface area contributed by atoms with Crippen LogP contribution in [0.1, 0.15) is 18.8 Å². The van der Waals surface area contributed by atoms with Crippen LogP contribution in [0.15, 0.2) is 59.9 Å². The number of imidazole rings is 1. The number of para-hydroxylation sites is 1. The molecule has 0 bridgehead atoms. The van der Waals surface area contributed by atoms with Crippen LogP contribution in [0.4, 0.5) is 10.2 Å². The van der Waals surface area contributed by atoms with E-state index in [-0.39, 0.29) is 10.9 Å². The highest BCUT2D eigenvalue weighted by molar-refractivity contribution is 6.32. The Labute approximate surface area is 179 Å². The van der Waals surface area contributed by atoms with Gasteiger partial charge in [0.2, 0.25) is 0 Å². The van der Waals surface area contributed by atoms with Crippen molar-refractivity contribution in [3.8, 4) is 5.69 Å². The quantitative estimate of drug-likeness (QED) is 0.442. The normalized spacial score (nSPS) is 12.4. The average Bonchev–Trinajstić information content (AvgIpc) is 3.24. The number of hydrogen-bond acceptors (Lipinski definition) is 6. The van der Waals surface area contributed by atoms with Crippen LogP contribution >= 0.6 is 11.6 Å². The van der Waals surface area contributed by atoms with Gasteiger partial charge in [0.15, 0.2) is 11.5 Å². The van der Waals surface area contributed by atoms with Crippen molar-refractivity contribution in [3.63, 3.8) is 0 Å². The van der Waals surface area contributed by atoms with Crippen LogP contribution in [0.25, 0.3) is 27.8 Å². The van der Waals surface area contributed by atoms with E-state index < -0.39 is 17.4 Å². The second-order valence-electron chi connectivity index (χ2n) is 6.88. The molecular weight excluding hydrogens is 421 g/mol. The second kappa shape index (κ2) is 7.44. The molecule has 0 saturated heterocycles. The van der Waals surface area contributed by atoms with Crippen molar-refractivity contribution in [2.45, 2.75) is 13.0 Å². The number of fused-ring (bicyclic) bond motifs is 2. The molecule has 2 N–H and O–H groups in total. The number of hydrogen-bond donors (Lipinski definition) is 2. The lowest BCUT2D eigenvalue weighted by Crippen LogP contribution is -2.28. The summed E-state index contributed by atoms with van der Waals surface area (Å²) in [7, 11) is 0. The number of nitrogens with one attached hydrogen (secondary N) is 2. The maximum absolute atomic E-state index is 14.5. The summed E-state index contributed by atoms with van der Waals surface area (Å²) < 4.78 is 15.9. The number of anilines is 1. The Morgan fingerprint density at radius 3 is 2.81 bits per heavy atom. The number of benzene rings is 2. The van der Waals surface area contributed by atoms with Gasteiger partial charge in [-0.15, -0.1) is 0 Å². The van der Waals surface area contributed by atoms with Crippen LogP contribution in [-0.4, -0.2) is 29.5 Å². The third-order valence-corrected chi connectivity index (χ3v) is 5.24. The minimum Gasteiger partial charge on any atom is -0.358 e. The topological polar surface area (TPSA) is 101 Å². The Hall–Kier alpha value is -3.85. The van der Waals surface area contributed by atoms with E-state index in [1.165, 1.54) is 29.4 Å². The second-order valence-corrected chi connectivity index (χ2v) is 7.29. The SMILES string of the molecule is CC(Nc1ncnc2[nH]cnc12)c1nc2cccc(F)c2c(=O)n1-c1ccccc1Cl. The number of rotatable bonds is 4. The summed E-state index contributed by atoms with van der Waals surface area (Å²) in [4.78, 5) is 33.6. The highest BCUT2D eigenvalue weighted by Crippen LogP contribution is 2.26. The highest BCUT2D eigenvalue weighted by atomic mass is 35.5. The van der Waals surface area contributed by atoms with Gasteiger partial charge in [0.25, 0.3) is 5.56 Å². The van der Waals surface area contributed by atoms with Crippen molar-refractivity contribution in [2.75, 3.05) is 5.32 Å². The lowest BCUT2D eigenvalue weighted by molar-refractivity contribution is 0.635. The molecule has 10 heteroatoms. The number of H-pyrrole nitrogens is 1. The van der Waals surface area contributed by atoms with Crippen LogP contribution < -0.4 is 10.9 Å². The smallest absolute Gasteiger partial charge is 0.269 e. The van der Waals surface area contributed by atoms with E-state index in [1.807, 2.05) is 6.92 Å². The van der Waals surface area contributed by atoms with Crippen molar-refractivity contribution in [3.05, 3.63) is 82.1 Å². The van der Waals surface area contributed by atoms with Crippen molar-refractivity contribution in [1.82, 2.24) is 29.5 Å². The van der Waals surface area contributed by atoms with Crippen molar-refractivity contribution in [1.29, 1.82) is 0 Å². The zero-order valence-electron chi connectivity index (χ0n) is 16.2. The summed E-state index contributed by atoms with van der Waals surface area (Å²) in [5, 5.41) is 3.47. The van der Waals surface area contributed by atoms with Crippen LogP contribution in [0.3, 0.4) is 0 Å². The van der Waals surface area contributed by atoms with Gasteiger partial charge in [0.05, 0.1) is 28.6 Å². The van der Waals surface area contributed by atoms with Gasteiger partial charge in [-0.05, 0) is 31.2 Å². The lowest BCUT2D eigenvalue weighted by atomic mass is 10.2. The molecule has 0 saturated carbocycles. The predicted octanol–water partition coefficient (Wildman–Crippen LogP) is 4.02. The van der Waals surface area contributed by atoms with E-state index in [0.29, 0.717) is 33.5 Å². The minimum atomic E-state index is -0.642. The highest BCUT2D eigenvalue weighted by Gasteiger charge is 2.22. The average molecular weight is 436 g/mol. The molecule has 1 unspecified atom stereocenters. The molecule has 0 aliphatic heterocycles. The Balaban J connectivity index is 1.74. The van der Waals surface area contributed by atoms with Gasteiger partial charge in [-0.25, -0.2) is 24.3 Å². The number of halogens is 2. The molecule has 3 aromatic heterocycles. The predicted molar refractivity (Wildman–Crippen MR) is 116 cm³/mol. The molecule has 0 aliphatic carbocycles.